The van der Waals surface area contributed by atoms with Gasteiger partial charge < -0.3 is 5.32 Å². The SMILES string of the molecule is CC1(NSc2cc(C3(F)CCNCC3)c3cnc(C(=N)SC(=N)C4(C#N)CC4)n3c2)CC1. The standard InChI is InChI=1S/C22H26FN7S2/c1-20(2-3-20)29-32-14-10-15(22(23)6-8-27-9-7-22)16-11-28-18(30(16)12-14)17(25)31-19(26)21(13-24)4-5-21/h10-12,25-27,29H,2-9H2,1H3. The Bertz CT molecular complexity index is 1140. The second kappa shape index (κ2) is 7.83. The lowest BCUT2D eigenvalue weighted by Crippen LogP contribution is -2.37. The largest absolute Gasteiger partial charge is 0.316 e. The lowest BCUT2D eigenvalue weighted by atomic mass is 9.87. The van der Waals surface area contributed by atoms with E-state index in [1.54, 1.807) is 10.6 Å². The first-order chi connectivity index (χ1) is 15.3. The van der Waals surface area contributed by atoms with Crippen LogP contribution in [0.4, 0.5) is 4.39 Å². The van der Waals surface area contributed by atoms with Crippen molar-refractivity contribution in [2.24, 2.45) is 5.41 Å². The van der Waals surface area contributed by atoms with E-state index in [1.807, 2.05) is 12.3 Å². The Morgan fingerprint density at radius 1 is 1.25 bits per heavy atom. The minimum atomic E-state index is -1.45. The number of nitriles is 1. The van der Waals surface area contributed by atoms with Gasteiger partial charge in [0, 0.05) is 22.2 Å². The quantitative estimate of drug-likeness (QED) is 0.283. The normalized spacial score (nSPS) is 22.3. The van der Waals surface area contributed by atoms with Crippen LogP contribution in [0.15, 0.2) is 23.4 Å². The van der Waals surface area contributed by atoms with Crippen molar-refractivity contribution in [1.29, 1.82) is 16.1 Å². The van der Waals surface area contributed by atoms with Crippen LogP contribution in [0.2, 0.25) is 0 Å². The first kappa shape index (κ1) is 21.9. The third-order valence-corrected chi connectivity index (χ3v) is 8.75. The Hall–Kier alpha value is -1.93. The molecule has 4 N–H and O–H groups in total. The van der Waals surface area contributed by atoms with Crippen molar-refractivity contribution < 1.29 is 4.39 Å². The summed E-state index contributed by atoms with van der Waals surface area (Å²) in [6.07, 6.45) is 7.88. The number of rotatable bonds is 6. The van der Waals surface area contributed by atoms with Gasteiger partial charge in [-0.05, 0) is 76.6 Å². The van der Waals surface area contributed by atoms with Gasteiger partial charge in [-0.2, -0.15) is 5.26 Å². The van der Waals surface area contributed by atoms with E-state index in [0.717, 1.165) is 29.5 Å². The molecule has 0 radical (unpaired) electrons. The maximum Gasteiger partial charge on any atom is 0.169 e. The van der Waals surface area contributed by atoms with E-state index < -0.39 is 11.1 Å². The second-order valence-corrected chi connectivity index (χ2v) is 11.3. The monoisotopic (exact) mass is 471 g/mol. The molecule has 5 rings (SSSR count). The number of thioether (sulfide) groups is 1. The Kier molecular flexibility index (Phi) is 5.36. The molecule has 10 heteroatoms. The van der Waals surface area contributed by atoms with Crippen molar-refractivity contribution in [2.75, 3.05) is 13.1 Å². The summed E-state index contributed by atoms with van der Waals surface area (Å²) in [7, 11) is 0. The van der Waals surface area contributed by atoms with Crippen molar-refractivity contribution in [1.82, 2.24) is 19.4 Å². The molecule has 2 aliphatic carbocycles. The molecule has 2 aromatic heterocycles. The van der Waals surface area contributed by atoms with Crippen LogP contribution in [0.3, 0.4) is 0 Å². The molecule has 3 aliphatic rings. The summed E-state index contributed by atoms with van der Waals surface area (Å²) < 4.78 is 21.4. The fraction of sp³-hybridized carbons (Fsp3) is 0.545. The topological polar surface area (TPSA) is 113 Å². The van der Waals surface area contributed by atoms with E-state index >= 15 is 4.39 Å². The van der Waals surface area contributed by atoms with Crippen LogP contribution in [0.1, 0.15) is 56.8 Å². The number of aromatic nitrogens is 2. The fourth-order valence-corrected chi connectivity index (χ4v) is 5.77. The van der Waals surface area contributed by atoms with Crippen LogP contribution in [0, 0.1) is 27.6 Å². The zero-order chi connectivity index (χ0) is 22.6. The zero-order valence-corrected chi connectivity index (χ0v) is 19.6. The van der Waals surface area contributed by atoms with Crippen molar-refractivity contribution in [3.63, 3.8) is 0 Å². The number of hydrogen-bond donors (Lipinski definition) is 4. The van der Waals surface area contributed by atoms with Crippen LogP contribution in [0.5, 0.6) is 0 Å². The van der Waals surface area contributed by atoms with Gasteiger partial charge in [0.2, 0.25) is 0 Å². The van der Waals surface area contributed by atoms with Gasteiger partial charge in [-0.25, -0.2) is 9.37 Å². The summed E-state index contributed by atoms with van der Waals surface area (Å²) in [5.41, 5.74) is -0.811. The number of nitrogens with zero attached hydrogens (tertiary/aromatic N) is 3. The highest BCUT2D eigenvalue weighted by atomic mass is 32.2. The smallest absolute Gasteiger partial charge is 0.169 e. The van der Waals surface area contributed by atoms with Crippen molar-refractivity contribution in [3.8, 4) is 6.07 Å². The molecule has 1 saturated heterocycles. The third kappa shape index (κ3) is 3.96. The molecule has 0 aromatic carbocycles. The summed E-state index contributed by atoms with van der Waals surface area (Å²) in [4.78, 5) is 5.33. The molecule has 1 aliphatic heterocycles. The predicted molar refractivity (Wildman–Crippen MR) is 126 cm³/mol. The van der Waals surface area contributed by atoms with Gasteiger partial charge in [-0.15, -0.1) is 0 Å². The number of piperidine rings is 1. The van der Waals surface area contributed by atoms with E-state index in [1.165, 1.54) is 11.9 Å². The molecule has 2 aromatic rings. The average Bonchev–Trinajstić information content (AvgIpc) is 3.69. The van der Waals surface area contributed by atoms with Gasteiger partial charge in [0.15, 0.2) is 5.82 Å². The van der Waals surface area contributed by atoms with E-state index in [9.17, 15) is 5.26 Å². The first-order valence-electron chi connectivity index (χ1n) is 10.9. The first-order valence-corrected chi connectivity index (χ1v) is 12.5. The number of hydrogen-bond acceptors (Lipinski definition) is 8. The lowest BCUT2D eigenvalue weighted by Gasteiger charge is -2.31. The lowest BCUT2D eigenvalue weighted by molar-refractivity contribution is 0.116. The molecule has 0 unspecified atom stereocenters. The van der Waals surface area contributed by atoms with Crippen LogP contribution in [-0.2, 0) is 5.67 Å². The van der Waals surface area contributed by atoms with Crippen molar-refractivity contribution >= 4 is 39.3 Å². The Labute approximate surface area is 195 Å². The minimum absolute atomic E-state index is 0.102. The molecular formula is C22H26FN7S2. The van der Waals surface area contributed by atoms with Crippen LogP contribution in [0.25, 0.3) is 5.52 Å². The van der Waals surface area contributed by atoms with Crippen LogP contribution >= 0.6 is 23.7 Å². The number of imidazole rings is 1. The molecule has 0 bridgehead atoms. The molecule has 0 amide bonds. The molecule has 3 fully saturated rings. The van der Waals surface area contributed by atoms with E-state index in [2.05, 4.69) is 28.0 Å². The van der Waals surface area contributed by atoms with E-state index in [4.69, 9.17) is 10.8 Å². The molecule has 0 atom stereocenters. The highest BCUT2D eigenvalue weighted by Gasteiger charge is 2.48. The van der Waals surface area contributed by atoms with Crippen LogP contribution < -0.4 is 10.0 Å². The highest BCUT2D eigenvalue weighted by molar-refractivity contribution is 8.26. The number of alkyl halides is 1. The van der Waals surface area contributed by atoms with Gasteiger partial charge in [0.1, 0.15) is 16.1 Å². The zero-order valence-electron chi connectivity index (χ0n) is 17.9. The number of pyridine rings is 1. The van der Waals surface area contributed by atoms with Gasteiger partial charge in [0.25, 0.3) is 0 Å². The summed E-state index contributed by atoms with van der Waals surface area (Å²) in [5, 5.41) is 29.8. The number of fused-ring (bicyclic) bond motifs is 1. The molecule has 3 heterocycles. The Morgan fingerprint density at radius 3 is 2.59 bits per heavy atom. The molecule has 168 valence electrons. The Balaban J connectivity index is 1.51. The predicted octanol–water partition coefficient (Wildman–Crippen LogP) is 4.37. The second-order valence-electron chi connectivity index (χ2n) is 9.36. The molecule has 0 spiro atoms. The van der Waals surface area contributed by atoms with Gasteiger partial charge in [-0.1, -0.05) is 11.8 Å². The van der Waals surface area contributed by atoms with Gasteiger partial charge >= 0.3 is 0 Å². The molecular weight excluding hydrogens is 445 g/mol. The van der Waals surface area contributed by atoms with Gasteiger partial charge in [-0.3, -0.25) is 19.9 Å². The highest BCUT2D eigenvalue weighted by Crippen LogP contribution is 2.49. The van der Waals surface area contributed by atoms with Crippen molar-refractivity contribution in [2.45, 2.75) is 61.6 Å². The van der Waals surface area contributed by atoms with Crippen molar-refractivity contribution in [3.05, 3.63) is 29.8 Å². The summed E-state index contributed by atoms with van der Waals surface area (Å²) in [6.45, 7) is 3.42. The van der Waals surface area contributed by atoms with Crippen LogP contribution in [-0.4, -0.2) is 38.1 Å². The third-order valence-electron chi connectivity index (χ3n) is 6.72. The molecule has 32 heavy (non-hydrogen) atoms. The van der Waals surface area contributed by atoms with Gasteiger partial charge in [0.05, 0.1) is 22.8 Å². The summed E-state index contributed by atoms with van der Waals surface area (Å²) in [6, 6.07) is 4.13. The van der Waals surface area contributed by atoms with E-state index in [0.29, 0.717) is 55.7 Å². The summed E-state index contributed by atoms with van der Waals surface area (Å²) in [5.74, 6) is 0.377. The average molecular weight is 472 g/mol. The minimum Gasteiger partial charge on any atom is -0.316 e. The fourth-order valence-electron chi connectivity index (χ4n) is 3.98. The molecule has 2 saturated carbocycles. The maximum atomic E-state index is 16.1. The van der Waals surface area contributed by atoms with E-state index in [-0.39, 0.29) is 15.6 Å². The summed E-state index contributed by atoms with van der Waals surface area (Å²) >= 11 is 2.47. The number of nitrogens with one attached hydrogen (secondary N) is 4. The molecule has 7 nitrogen and oxygen atoms in total. The Morgan fingerprint density at radius 2 is 1.97 bits per heavy atom. The number of halogens is 1. The maximum absolute atomic E-state index is 16.1.